The average Bonchev–Trinajstić information content (AvgIpc) is 3.67. The number of hydrogen-bond donors (Lipinski definition) is 0. The first-order valence-electron chi connectivity index (χ1n) is 20.3. The maximum atomic E-state index is 5.18. The van der Waals surface area contributed by atoms with Crippen molar-refractivity contribution in [3.05, 3.63) is 212 Å². The Morgan fingerprint density at radius 3 is 1.43 bits per heavy atom. The van der Waals surface area contributed by atoms with Crippen LogP contribution in [0.15, 0.2) is 212 Å². The second-order valence-electron chi connectivity index (χ2n) is 15.2. The molecule has 0 aliphatic heterocycles. The van der Waals surface area contributed by atoms with E-state index >= 15 is 0 Å². The molecule has 0 bridgehead atoms. The van der Waals surface area contributed by atoms with Crippen molar-refractivity contribution in [3.63, 3.8) is 0 Å². The average molecular weight is 766 g/mol. The van der Waals surface area contributed by atoms with Crippen molar-refractivity contribution >= 4 is 82.0 Å². The van der Waals surface area contributed by atoms with Gasteiger partial charge in [-0.1, -0.05) is 152 Å². The van der Waals surface area contributed by atoms with Gasteiger partial charge in [0.05, 0.1) is 11.0 Å². The summed E-state index contributed by atoms with van der Waals surface area (Å²) in [6, 6.07) is 75.2. The van der Waals surface area contributed by atoms with E-state index in [0.717, 1.165) is 44.6 Å². The van der Waals surface area contributed by atoms with Gasteiger partial charge in [0.25, 0.3) is 0 Å². The topological polar surface area (TPSA) is 46.8 Å². The molecule has 0 aliphatic carbocycles. The molecule has 0 fully saturated rings. The molecule has 0 aliphatic rings. The van der Waals surface area contributed by atoms with Gasteiger partial charge in [0.1, 0.15) is 0 Å². The summed E-state index contributed by atoms with van der Waals surface area (Å²) in [6.45, 7) is 0. The van der Waals surface area contributed by atoms with Gasteiger partial charge >= 0.3 is 0 Å². The highest BCUT2D eigenvalue weighted by Crippen LogP contribution is 2.44. The summed E-state index contributed by atoms with van der Waals surface area (Å²) in [5.74, 6) is 1.85. The second-order valence-corrected chi connectivity index (χ2v) is 15.2. The van der Waals surface area contributed by atoms with E-state index in [2.05, 4.69) is 185 Å². The van der Waals surface area contributed by atoms with E-state index in [1.54, 1.807) is 0 Å². The molecule has 0 saturated carbocycles. The molecule has 0 amide bonds. The Labute approximate surface area is 346 Å². The van der Waals surface area contributed by atoms with Crippen LogP contribution in [-0.2, 0) is 0 Å². The summed E-state index contributed by atoms with van der Waals surface area (Å²) in [6.07, 6.45) is 0. The first-order chi connectivity index (χ1) is 29.8. The molecule has 0 radical (unpaired) electrons. The largest absolute Gasteiger partial charge is 0.310 e. The zero-order chi connectivity index (χ0) is 39.6. The monoisotopic (exact) mass is 765 g/mol. The highest BCUT2D eigenvalue weighted by Gasteiger charge is 2.21. The summed E-state index contributed by atoms with van der Waals surface area (Å²) in [7, 11) is 0. The van der Waals surface area contributed by atoms with Crippen LogP contribution < -0.4 is 4.90 Å². The number of hydrogen-bond acceptors (Lipinski definition) is 4. The Hall–Kier alpha value is -8.15. The molecule has 0 spiro atoms. The van der Waals surface area contributed by atoms with E-state index in [1.165, 1.54) is 48.5 Å². The summed E-state index contributed by atoms with van der Waals surface area (Å²) in [5, 5.41) is 12.0. The SMILES string of the molecule is c1ccc(-c2nc(-c3ccccc3)nc(-n3c4ccccc4c4c5cc6c7ccc(N(c8ccccc8)c8ccccc8)cc7c7ccccc7c6cc5ccc43)n2)cc1. The van der Waals surface area contributed by atoms with Crippen LogP contribution in [-0.4, -0.2) is 19.5 Å². The molecule has 5 heteroatoms. The Bertz CT molecular complexity index is 3490. The van der Waals surface area contributed by atoms with Crippen molar-refractivity contribution in [3.8, 4) is 28.7 Å². The lowest BCUT2D eigenvalue weighted by atomic mass is 9.91. The third-order valence-corrected chi connectivity index (χ3v) is 11.8. The summed E-state index contributed by atoms with van der Waals surface area (Å²) >= 11 is 0. The number of anilines is 3. The van der Waals surface area contributed by atoms with Crippen LogP contribution >= 0.6 is 0 Å². The Morgan fingerprint density at radius 2 is 0.817 bits per heavy atom. The Morgan fingerprint density at radius 1 is 0.317 bits per heavy atom. The summed E-state index contributed by atoms with van der Waals surface area (Å²) < 4.78 is 2.21. The van der Waals surface area contributed by atoms with Crippen LogP contribution in [0.4, 0.5) is 17.1 Å². The molecule has 0 unspecified atom stereocenters. The minimum absolute atomic E-state index is 0.583. The molecule has 0 atom stereocenters. The van der Waals surface area contributed by atoms with Crippen molar-refractivity contribution in [1.29, 1.82) is 0 Å². The smallest absolute Gasteiger partial charge is 0.238 e. The van der Waals surface area contributed by atoms with E-state index in [1.807, 2.05) is 36.4 Å². The molecule has 5 nitrogen and oxygen atoms in total. The fourth-order valence-electron chi connectivity index (χ4n) is 9.08. The molecule has 12 aromatic rings. The fraction of sp³-hybridized carbons (Fsp3) is 0. The molecule has 12 rings (SSSR count). The molecular weight excluding hydrogens is 731 g/mol. The van der Waals surface area contributed by atoms with Gasteiger partial charge in [-0.25, -0.2) is 4.98 Å². The number of rotatable bonds is 6. The van der Waals surface area contributed by atoms with Crippen LogP contribution in [0.25, 0.3) is 93.6 Å². The van der Waals surface area contributed by atoms with Gasteiger partial charge in [-0.05, 0) is 104 Å². The molecule has 10 aromatic carbocycles. The van der Waals surface area contributed by atoms with Crippen LogP contribution in [0.2, 0.25) is 0 Å². The molecule has 0 saturated heterocycles. The van der Waals surface area contributed by atoms with Gasteiger partial charge < -0.3 is 4.90 Å². The minimum atomic E-state index is 0.583. The fourth-order valence-corrected chi connectivity index (χ4v) is 9.08. The maximum Gasteiger partial charge on any atom is 0.238 e. The van der Waals surface area contributed by atoms with Crippen LogP contribution in [0, 0.1) is 0 Å². The lowest BCUT2D eigenvalue weighted by Gasteiger charge is -2.26. The lowest BCUT2D eigenvalue weighted by Crippen LogP contribution is -2.09. The van der Waals surface area contributed by atoms with E-state index in [9.17, 15) is 0 Å². The Balaban J connectivity index is 1.13. The molecule has 2 heterocycles. The number of nitrogens with zero attached hydrogens (tertiary/aromatic N) is 5. The first-order valence-corrected chi connectivity index (χ1v) is 20.3. The van der Waals surface area contributed by atoms with E-state index in [-0.39, 0.29) is 0 Å². The quantitative estimate of drug-likeness (QED) is 0.125. The predicted molar refractivity (Wildman–Crippen MR) is 250 cm³/mol. The van der Waals surface area contributed by atoms with Gasteiger partial charge in [-0.15, -0.1) is 0 Å². The van der Waals surface area contributed by atoms with Gasteiger partial charge in [0.15, 0.2) is 11.6 Å². The van der Waals surface area contributed by atoms with Crippen LogP contribution in [0.3, 0.4) is 0 Å². The summed E-state index contributed by atoms with van der Waals surface area (Å²) in [4.78, 5) is 17.7. The highest BCUT2D eigenvalue weighted by molar-refractivity contribution is 6.30. The highest BCUT2D eigenvalue weighted by atomic mass is 15.2. The Kier molecular flexibility index (Phi) is 7.78. The molecule has 0 N–H and O–H groups in total. The third-order valence-electron chi connectivity index (χ3n) is 11.8. The number of fused-ring (bicyclic) bond motifs is 11. The van der Waals surface area contributed by atoms with Gasteiger partial charge in [0.2, 0.25) is 5.95 Å². The van der Waals surface area contributed by atoms with E-state index in [4.69, 9.17) is 15.0 Å². The third kappa shape index (κ3) is 5.44. The number of benzene rings is 10. The number of para-hydroxylation sites is 3. The molecule has 60 heavy (non-hydrogen) atoms. The van der Waals surface area contributed by atoms with Gasteiger partial charge in [-0.2, -0.15) is 9.97 Å². The van der Waals surface area contributed by atoms with Gasteiger partial charge in [-0.3, -0.25) is 4.57 Å². The predicted octanol–water partition coefficient (Wildman–Crippen LogP) is 14.4. The van der Waals surface area contributed by atoms with Crippen molar-refractivity contribution in [2.45, 2.75) is 0 Å². The van der Waals surface area contributed by atoms with Crippen LogP contribution in [0.1, 0.15) is 0 Å². The molecular formula is C55H35N5. The number of aromatic nitrogens is 4. The zero-order valence-electron chi connectivity index (χ0n) is 32.4. The normalized spacial score (nSPS) is 11.7. The first kappa shape index (κ1) is 33.9. The van der Waals surface area contributed by atoms with Crippen molar-refractivity contribution in [1.82, 2.24) is 19.5 Å². The van der Waals surface area contributed by atoms with E-state index in [0.29, 0.717) is 17.6 Å². The van der Waals surface area contributed by atoms with Crippen molar-refractivity contribution in [2.24, 2.45) is 0 Å². The lowest BCUT2D eigenvalue weighted by molar-refractivity contribution is 0.953. The minimum Gasteiger partial charge on any atom is -0.310 e. The molecule has 280 valence electrons. The summed E-state index contributed by atoms with van der Waals surface area (Å²) in [5.41, 5.74) is 7.30. The van der Waals surface area contributed by atoms with Crippen molar-refractivity contribution in [2.75, 3.05) is 4.90 Å². The van der Waals surface area contributed by atoms with Crippen molar-refractivity contribution < 1.29 is 0 Å². The maximum absolute atomic E-state index is 5.18. The molecule has 2 aromatic heterocycles. The second kappa shape index (κ2) is 13.8. The zero-order valence-corrected chi connectivity index (χ0v) is 32.4. The van der Waals surface area contributed by atoms with Gasteiger partial charge in [0, 0.05) is 39.0 Å². The van der Waals surface area contributed by atoms with E-state index < -0.39 is 0 Å². The standard InChI is InChI=1S/C55H35N5/c1-5-17-36(18-6-1)53-56-54(37-19-7-2-8-20-37)58-55(57-53)60-50-28-16-15-27-45(50)52-46-35-49-44-31-30-41(59(39-21-9-3-10-22-39)40-23-11-4-12-24-40)34-48(44)43-26-14-13-25-42(43)47(49)33-38(46)29-32-51(52)60/h1-35H. The van der Waals surface area contributed by atoms with Crippen LogP contribution in [0.5, 0.6) is 0 Å².